The van der Waals surface area contributed by atoms with E-state index in [9.17, 15) is 18.0 Å². The van der Waals surface area contributed by atoms with Crippen LogP contribution in [0.3, 0.4) is 0 Å². The second kappa shape index (κ2) is 9.30. The van der Waals surface area contributed by atoms with Gasteiger partial charge in [0.05, 0.1) is 5.56 Å². The smallest absolute Gasteiger partial charge is 0.368 e. The zero-order chi connectivity index (χ0) is 22.6. The standard InChI is InChI=1S/C26H23F3N2O/c27-26(28,29)22-12-7-13-23(18-22)30-14-16-31(17-15-30)24(20-8-3-1-4-9-20)19-25(32)21-10-5-2-6-11-21/h1-13,18-19H,14-17H2/b24-19+. The molecule has 0 bridgehead atoms. The number of allylic oxidation sites excluding steroid dienone is 1. The van der Waals surface area contributed by atoms with Gasteiger partial charge < -0.3 is 9.80 Å². The lowest BCUT2D eigenvalue weighted by Gasteiger charge is -2.38. The van der Waals surface area contributed by atoms with Crippen molar-refractivity contribution >= 4 is 17.2 Å². The average molecular weight is 436 g/mol. The highest BCUT2D eigenvalue weighted by molar-refractivity contribution is 6.08. The van der Waals surface area contributed by atoms with Gasteiger partial charge in [0.15, 0.2) is 5.78 Å². The first-order chi connectivity index (χ1) is 15.4. The molecule has 6 heteroatoms. The van der Waals surface area contributed by atoms with Crippen molar-refractivity contribution in [2.75, 3.05) is 31.1 Å². The van der Waals surface area contributed by atoms with Crippen LogP contribution >= 0.6 is 0 Å². The highest BCUT2D eigenvalue weighted by Gasteiger charge is 2.31. The second-order valence-corrected chi connectivity index (χ2v) is 7.65. The molecule has 164 valence electrons. The van der Waals surface area contributed by atoms with E-state index in [4.69, 9.17) is 0 Å². The van der Waals surface area contributed by atoms with E-state index in [-0.39, 0.29) is 5.78 Å². The van der Waals surface area contributed by atoms with Crippen molar-refractivity contribution in [1.29, 1.82) is 0 Å². The van der Waals surface area contributed by atoms with Crippen molar-refractivity contribution in [1.82, 2.24) is 4.90 Å². The third-order valence-corrected chi connectivity index (χ3v) is 5.55. The second-order valence-electron chi connectivity index (χ2n) is 7.65. The number of halogens is 3. The Kier molecular flexibility index (Phi) is 6.30. The summed E-state index contributed by atoms with van der Waals surface area (Å²) in [7, 11) is 0. The Balaban J connectivity index is 1.55. The summed E-state index contributed by atoms with van der Waals surface area (Å²) in [6.07, 6.45) is -2.70. The van der Waals surface area contributed by atoms with Crippen LogP contribution in [-0.4, -0.2) is 36.9 Å². The molecule has 0 N–H and O–H groups in total. The van der Waals surface area contributed by atoms with Crippen LogP contribution in [0.25, 0.3) is 5.70 Å². The van der Waals surface area contributed by atoms with Crippen molar-refractivity contribution in [3.05, 3.63) is 108 Å². The highest BCUT2D eigenvalue weighted by Crippen LogP contribution is 2.32. The number of carbonyl (C=O) groups excluding carboxylic acids is 1. The summed E-state index contributed by atoms with van der Waals surface area (Å²) < 4.78 is 39.3. The maximum atomic E-state index is 13.1. The lowest BCUT2D eigenvalue weighted by Crippen LogP contribution is -2.45. The molecule has 32 heavy (non-hydrogen) atoms. The quantitative estimate of drug-likeness (QED) is 0.376. The summed E-state index contributed by atoms with van der Waals surface area (Å²) in [5.74, 6) is -0.0789. The van der Waals surface area contributed by atoms with E-state index in [1.165, 1.54) is 12.1 Å². The Morgan fingerprint density at radius 2 is 1.34 bits per heavy atom. The summed E-state index contributed by atoms with van der Waals surface area (Å²) >= 11 is 0. The molecule has 0 spiro atoms. The molecule has 0 radical (unpaired) electrons. The van der Waals surface area contributed by atoms with Crippen molar-refractivity contribution < 1.29 is 18.0 Å². The SMILES string of the molecule is O=C(/C=C(\c1ccccc1)N1CCN(c2cccc(C(F)(F)F)c2)CC1)c1ccccc1. The number of benzene rings is 3. The molecule has 1 saturated heterocycles. The fraction of sp³-hybridized carbons (Fsp3) is 0.192. The number of hydrogen-bond acceptors (Lipinski definition) is 3. The molecule has 3 aromatic carbocycles. The molecule has 3 aromatic rings. The third-order valence-electron chi connectivity index (χ3n) is 5.55. The molecule has 4 rings (SSSR count). The number of nitrogens with zero attached hydrogens (tertiary/aromatic N) is 2. The molecule has 1 heterocycles. The van der Waals surface area contributed by atoms with Gasteiger partial charge in [-0.05, 0) is 23.8 Å². The molecule has 3 nitrogen and oxygen atoms in total. The van der Waals surface area contributed by atoms with Crippen LogP contribution < -0.4 is 4.90 Å². The Hall–Kier alpha value is -3.54. The van der Waals surface area contributed by atoms with Gasteiger partial charge in [0.2, 0.25) is 0 Å². The van der Waals surface area contributed by atoms with Gasteiger partial charge in [-0.2, -0.15) is 13.2 Å². The molecule has 0 atom stereocenters. The number of hydrogen-bond donors (Lipinski definition) is 0. The van der Waals surface area contributed by atoms with E-state index in [0.717, 1.165) is 17.3 Å². The predicted octanol–water partition coefficient (Wildman–Crippen LogP) is 5.75. The zero-order valence-corrected chi connectivity index (χ0v) is 17.4. The molecule has 0 aromatic heterocycles. The van der Waals surface area contributed by atoms with E-state index in [1.54, 1.807) is 24.3 Å². The van der Waals surface area contributed by atoms with E-state index >= 15 is 0 Å². The average Bonchev–Trinajstić information content (AvgIpc) is 2.83. The van der Waals surface area contributed by atoms with Gasteiger partial charge in [-0.15, -0.1) is 0 Å². The topological polar surface area (TPSA) is 23.6 Å². The Morgan fingerprint density at radius 1 is 0.750 bits per heavy atom. The maximum Gasteiger partial charge on any atom is 0.416 e. The summed E-state index contributed by atoms with van der Waals surface area (Å²) in [6, 6.07) is 24.2. The van der Waals surface area contributed by atoms with Gasteiger partial charge in [0.25, 0.3) is 0 Å². The monoisotopic (exact) mass is 436 g/mol. The number of anilines is 1. The molecule has 0 aliphatic carbocycles. The highest BCUT2D eigenvalue weighted by atomic mass is 19.4. The van der Waals surface area contributed by atoms with E-state index in [0.29, 0.717) is 37.4 Å². The minimum absolute atomic E-state index is 0.0789. The van der Waals surface area contributed by atoms with Gasteiger partial charge in [-0.3, -0.25) is 4.79 Å². The van der Waals surface area contributed by atoms with Crippen molar-refractivity contribution in [2.45, 2.75) is 6.18 Å². The summed E-state index contributed by atoms with van der Waals surface area (Å²) in [6.45, 7) is 2.31. The van der Waals surface area contributed by atoms with E-state index < -0.39 is 11.7 Å². The van der Waals surface area contributed by atoms with Crippen LogP contribution in [0.2, 0.25) is 0 Å². The normalized spacial score (nSPS) is 15.0. The zero-order valence-electron chi connectivity index (χ0n) is 17.4. The fourth-order valence-electron chi connectivity index (χ4n) is 3.86. The first-order valence-electron chi connectivity index (χ1n) is 10.5. The molecule has 1 fully saturated rings. The molecule has 1 aliphatic heterocycles. The van der Waals surface area contributed by atoms with Gasteiger partial charge in [-0.1, -0.05) is 66.7 Å². The number of piperazine rings is 1. The van der Waals surface area contributed by atoms with Crippen molar-refractivity contribution in [3.63, 3.8) is 0 Å². The van der Waals surface area contributed by atoms with Crippen LogP contribution in [0.15, 0.2) is 91.0 Å². The van der Waals surface area contributed by atoms with Gasteiger partial charge in [-0.25, -0.2) is 0 Å². The minimum Gasteiger partial charge on any atom is -0.368 e. The first-order valence-corrected chi connectivity index (χ1v) is 10.5. The summed E-state index contributed by atoms with van der Waals surface area (Å²) in [4.78, 5) is 16.9. The molecular weight excluding hydrogens is 413 g/mol. The van der Waals surface area contributed by atoms with Gasteiger partial charge in [0.1, 0.15) is 0 Å². The van der Waals surface area contributed by atoms with Crippen molar-refractivity contribution in [3.8, 4) is 0 Å². The van der Waals surface area contributed by atoms with E-state index in [1.807, 2.05) is 53.4 Å². The van der Waals surface area contributed by atoms with Crippen LogP contribution in [0.1, 0.15) is 21.5 Å². The van der Waals surface area contributed by atoms with Crippen LogP contribution in [0.5, 0.6) is 0 Å². The summed E-state index contributed by atoms with van der Waals surface area (Å²) in [5, 5.41) is 0. The Morgan fingerprint density at radius 3 is 1.94 bits per heavy atom. The molecule has 1 aliphatic rings. The van der Waals surface area contributed by atoms with Crippen LogP contribution in [0.4, 0.5) is 18.9 Å². The van der Waals surface area contributed by atoms with E-state index in [2.05, 4.69) is 4.90 Å². The van der Waals surface area contributed by atoms with Crippen LogP contribution in [-0.2, 0) is 6.18 Å². The Bertz CT molecular complexity index is 1090. The van der Waals surface area contributed by atoms with Gasteiger partial charge in [0, 0.05) is 49.2 Å². The minimum atomic E-state index is -4.36. The lowest BCUT2D eigenvalue weighted by molar-refractivity contribution is -0.137. The number of rotatable bonds is 5. The Labute approximate surface area is 185 Å². The predicted molar refractivity (Wildman–Crippen MR) is 120 cm³/mol. The first kappa shape index (κ1) is 21.7. The number of carbonyl (C=O) groups is 1. The third kappa shape index (κ3) is 5.02. The number of alkyl halides is 3. The maximum absolute atomic E-state index is 13.1. The van der Waals surface area contributed by atoms with Crippen molar-refractivity contribution in [2.24, 2.45) is 0 Å². The van der Waals surface area contributed by atoms with Gasteiger partial charge >= 0.3 is 6.18 Å². The number of ketones is 1. The molecular formula is C26H23F3N2O. The summed E-state index contributed by atoms with van der Waals surface area (Å²) in [5.41, 5.74) is 2.29. The largest absolute Gasteiger partial charge is 0.416 e. The molecule has 0 saturated carbocycles. The fourth-order valence-corrected chi connectivity index (χ4v) is 3.86. The van der Waals surface area contributed by atoms with Crippen LogP contribution in [0, 0.1) is 0 Å². The molecule has 0 amide bonds. The lowest BCUT2D eigenvalue weighted by atomic mass is 10.0. The molecule has 0 unspecified atom stereocenters.